The molecular weight excluding hydrogens is 350 g/mol. The first-order valence-corrected chi connectivity index (χ1v) is 9.88. The van der Waals surface area contributed by atoms with E-state index in [1.807, 2.05) is 0 Å². The third-order valence-corrected chi connectivity index (χ3v) is 6.22. The van der Waals surface area contributed by atoms with Crippen LogP contribution in [-0.4, -0.2) is 19.6 Å². The molecule has 4 rings (SSSR count). The van der Waals surface area contributed by atoms with Crippen LogP contribution in [0.1, 0.15) is 30.5 Å². The first kappa shape index (κ1) is 19.7. The van der Waals surface area contributed by atoms with E-state index >= 15 is 0 Å². The fourth-order valence-electron chi connectivity index (χ4n) is 4.57. The maximum Gasteiger partial charge on any atom is 0.137 e. The standard InChI is InChI=1S/C25H28N.ClH/c1-3-26(4-2,18-17-20-11-6-5-7-12-20)25-16-10-15-23-22-14-9-8-13-21(22)19-24(23)25;/h5-16H,3-4,17-19H2,1-2H3;1H/q+1;/p-1. The van der Waals surface area contributed by atoms with Crippen molar-refractivity contribution in [2.24, 2.45) is 0 Å². The van der Waals surface area contributed by atoms with Crippen LogP contribution in [0.3, 0.4) is 0 Å². The van der Waals surface area contributed by atoms with Crippen LogP contribution in [0.25, 0.3) is 11.1 Å². The van der Waals surface area contributed by atoms with Gasteiger partial charge in [0.15, 0.2) is 0 Å². The molecule has 1 aliphatic rings. The maximum absolute atomic E-state index is 2.38. The zero-order chi connectivity index (χ0) is 18.0. The van der Waals surface area contributed by atoms with Crippen molar-refractivity contribution in [3.63, 3.8) is 0 Å². The highest BCUT2D eigenvalue weighted by Gasteiger charge is 2.33. The number of hydrogen-bond acceptors (Lipinski definition) is 0. The summed E-state index contributed by atoms with van der Waals surface area (Å²) >= 11 is 0. The zero-order valence-corrected chi connectivity index (χ0v) is 17.0. The van der Waals surface area contributed by atoms with Gasteiger partial charge >= 0.3 is 0 Å². The lowest BCUT2D eigenvalue weighted by Gasteiger charge is -2.38. The van der Waals surface area contributed by atoms with Crippen LogP contribution < -0.4 is 16.9 Å². The van der Waals surface area contributed by atoms with E-state index < -0.39 is 0 Å². The van der Waals surface area contributed by atoms with E-state index in [1.54, 1.807) is 5.56 Å². The fourth-order valence-corrected chi connectivity index (χ4v) is 4.57. The highest BCUT2D eigenvalue weighted by molar-refractivity contribution is 5.81. The van der Waals surface area contributed by atoms with E-state index in [0.717, 1.165) is 37.0 Å². The molecule has 0 atom stereocenters. The maximum atomic E-state index is 2.38. The topological polar surface area (TPSA) is 0 Å². The Labute approximate surface area is 169 Å². The van der Waals surface area contributed by atoms with Gasteiger partial charge in [0, 0.05) is 18.4 Å². The number of hydrogen-bond donors (Lipinski definition) is 0. The normalized spacial score (nSPS) is 12.2. The average Bonchev–Trinajstić information content (AvgIpc) is 3.09. The number of nitrogens with zero attached hydrogens (tertiary/aromatic N) is 1. The van der Waals surface area contributed by atoms with Crippen LogP contribution >= 0.6 is 0 Å². The van der Waals surface area contributed by atoms with E-state index in [9.17, 15) is 0 Å². The Morgan fingerprint density at radius 2 is 1.41 bits per heavy atom. The number of benzene rings is 3. The van der Waals surface area contributed by atoms with Gasteiger partial charge in [0.25, 0.3) is 0 Å². The second-order valence-corrected chi connectivity index (χ2v) is 7.37. The minimum atomic E-state index is 0. The molecule has 140 valence electrons. The summed E-state index contributed by atoms with van der Waals surface area (Å²) in [6, 6.07) is 26.8. The summed E-state index contributed by atoms with van der Waals surface area (Å²) in [6.07, 6.45) is 2.20. The largest absolute Gasteiger partial charge is 1.00 e. The van der Waals surface area contributed by atoms with Crippen molar-refractivity contribution in [1.82, 2.24) is 4.48 Å². The quantitative estimate of drug-likeness (QED) is 0.453. The molecule has 0 saturated heterocycles. The van der Waals surface area contributed by atoms with E-state index in [0.29, 0.717) is 0 Å². The molecule has 27 heavy (non-hydrogen) atoms. The van der Waals surface area contributed by atoms with Crippen molar-refractivity contribution in [3.05, 3.63) is 89.5 Å². The molecule has 1 aliphatic carbocycles. The highest BCUT2D eigenvalue weighted by atomic mass is 35.5. The average molecular weight is 378 g/mol. The third-order valence-electron chi connectivity index (χ3n) is 6.22. The van der Waals surface area contributed by atoms with Crippen LogP contribution in [0, 0.1) is 0 Å². The number of likely N-dealkylation sites (N-methyl/N-ethyl adjacent to an activating group) is 1. The number of quaternary nitrogens is 1. The Hall–Kier alpha value is -2.09. The number of fused-ring (bicyclic) bond motifs is 3. The van der Waals surface area contributed by atoms with Crippen LogP contribution in [0.4, 0.5) is 5.69 Å². The first-order chi connectivity index (χ1) is 12.8. The molecule has 3 aromatic carbocycles. The van der Waals surface area contributed by atoms with Crippen LogP contribution in [0.15, 0.2) is 72.8 Å². The fraction of sp³-hybridized carbons (Fsp3) is 0.280. The zero-order valence-electron chi connectivity index (χ0n) is 16.3. The van der Waals surface area contributed by atoms with E-state index in [2.05, 4.69) is 86.6 Å². The Kier molecular flexibility index (Phi) is 6.04. The highest BCUT2D eigenvalue weighted by Crippen LogP contribution is 2.43. The van der Waals surface area contributed by atoms with Gasteiger partial charge in [-0.15, -0.1) is 0 Å². The molecule has 0 spiro atoms. The molecule has 0 aromatic heterocycles. The second-order valence-electron chi connectivity index (χ2n) is 7.37. The molecule has 0 heterocycles. The summed E-state index contributed by atoms with van der Waals surface area (Å²) in [5, 5.41) is 0. The van der Waals surface area contributed by atoms with Gasteiger partial charge in [-0.25, -0.2) is 0 Å². The predicted octanol–water partition coefficient (Wildman–Crippen LogP) is 2.85. The lowest BCUT2D eigenvalue weighted by molar-refractivity contribution is -0.00000522. The molecule has 0 N–H and O–H groups in total. The summed E-state index contributed by atoms with van der Waals surface area (Å²) in [5.41, 5.74) is 8.86. The molecule has 1 nitrogen and oxygen atoms in total. The molecule has 0 amide bonds. The predicted molar refractivity (Wildman–Crippen MR) is 113 cm³/mol. The van der Waals surface area contributed by atoms with Crippen LogP contribution in [0.5, 0.6) is 0 Å². The van der Waals surface area contributed by atoms with Crippen LogP contribution in [0.2, 0.25) is 0 Å². The van der Waals surface area contributed by atoms with Crippen molar-refractivity contribution in [1.29, 1.82) is 0 Å². The molecule has 2 heteroatoms. The summed E-state index contributed by atoms with van der Waals surface area (Å²) in [7, 11) is 0. The van der Waals surface area contributed by atoms with Gasteiger partial charge in [-0.05, 0) is 42.2 Å². The van der Waals surface area contributed by atoms with Gasteiger partial charge in [0.2, 0.25) is 0 Å². The van der Waals surface area contributed by atoms with Crippen molar-refractivity contribution < 1.29 is 12.4 Å². The molecular formula is C25H28ClN. The van der Waals surface area contributed by atoms with Gasteiger partial charge in [0.05, 0.1) is 19.6 Å². The Morgan fingerprint density at radius 1 is 0.741 bits per heavy atom. The van der Waals surface area contributed by atoms with E-state index in [1.165, 1.54) is 27.9 Å². The van der Waals surface area contributed by atoms with Crippen LogP contribution in [-0.2, 0) is 12.8 Å². The molecule has 0 fully saturated rings. The van der Waals surface area contributed by atoms with E-state index in [4.69, 9.17) is 0 Å². The van der Waals surface area contributed by atoms with Gasteiger partial charge in [-0.3, -0.25) is 4.48 Å². The van der Waals surface area contributed by atoms with E-state index in [-0.39, 0.29) is 12.4 Å². The monoisotopic (exact) mass is 377 g/mol. The molecule has 0 unspecified atom stereocenters. The SMILES string of the molecule is CC[N+](CC)(CCc1ccccc1)c1cccc2c1Cc1ccccc1-2.[Cl-]. The number of halogens is 1. The minimum Gasteiger partial charge on any atom is -1.00 e. The summed E-state index contributed by atoms with van der Waals surface area (Å²) < 4.78 is 1.06. The van der Waals surface area contributed by atoms with Gasteiger partial charge < -0.3 is 12.4 Å². The molecule has 0 radical (unpaired) electrons. The molecule has 0 bridgehead atoms. The Balaban J connectivity index is 0.00000210. The minimum absolute atomic E-state index is 0. The Morgan fingerprint density at radius 3 is 2.15 bits per heavy atom. The number of rotatable bonds is 6. The van der Waals surface area contributed by atoms with Crippen molar-refractivity contribution in [2.75, 3.05) is 19.6 Å². The van der Waals surface area contributed by atoms with Crippen molar-refractivity contribution in [2.45, 2.75) is 26.7 Å². The first-order valence-electron chi connectivity index (χ1n) is 9.88. The van der Waals surface area contributed by atoms with Gasteiger partial charge in [-0.1, -0.05) is 66.7 Å². The van der Waals surface area contributed by atoms with Gasteiger partial charge in [0.1, 0.15) is 5.69 Å². The smallest absolute Gasteiger partial charge is 0.137 e. The summed E-state index contributed by atoms with van der Waals surface area (Å²) in [4.78, 5) is 0. The van der Waals surface area contributed by atoms with Gasteiger partial charge in [-0.2, -0.15) is 0 Å². The second kappa shape index (κ2) is 8.29. The van der Waals surface area contributed by atoms with Crippen molar-refractivity contribution in [3.8, 4) is 11.1 Å². The van der Waals surface area contributed by atoms with Crippen molar-refractivity contribution >= 4 is 5.69 Å². The summed E-state index contributed by atoms with van der Waals surface area (Å²) in [6.45, 7) is 8.11. The Bertz CT molecular complexity index is 897. The lowest BCUT2D eigenvalue weighted by atomic mass is 10.0. The third kappa shape index (κ3) is 3.54. The molecule has 3 aromatic rings. The molecule has 0 saturated carbocycles. The lowest BCUT2D eigenvalue weighted by Crippen LogP contribution is -3.00. The summed E-state index contributed by atoms with van der Waals surface area (Å²) in [5.74, 6) is 0. The molecule has 0 aliphatic heterocycles.